The van der Waals surface area contributed by atoms with Crippen LogP contribution >= 0.6 is 0 Å². The average molecular weight is 390 g/mol. The lowest BCUT2D eigenvalue weighted by Crippen LogP contribution is -2.30. The number of carbonyl (C=O) groups is 1. The normalized spacial score (nSPS) is 16.2. The zero-order valence-electron chi connectivity index (χ0n) is 16.7. The molecule has 1 saturated heterocycles. The molecule has 150 valence electrons. The van der Waals surface area contributed by atoms with Gasteiger partial charge >= 0.3 is 0 Å². The first-order valence-electron chi connectivity index (χ1n) is 10.3. The minimum absolute atomic E-state index is 0.0248. The number of carbonyl (C=O) groups excluding carboxylic acids is 1. The van der Waals surface area contributed by atoms with E-state index in [1.165, 1.54) is 0 Å². The van der Waals surface area contributed by atoms with Gasteiger partial charge in [0.25, 0.3) is 5.91 Å². The fourth-order valence-corrected chi connectivity index (χ4v) is 3.57. The second-order valence-corrected chi connectivity index (χ2v) is 7.34. The molecule has 29 heavy (non-hydrogen) atoms. The molecule has 0 saturated carbocycles. The van der Waals surface area contributed by atoms with Crippen molar-refractivity contribution in [2.24, 2.45) is 0 Å². The van der Waals surface area contributed by atoms with Crippen molar-refractivity contribution in [2.75, 3.05) is 19.7 Å². The molecule has 1 aliphatic heterocycles. The average Bonchev–Trinajstić information content (AvgIpc) is 3.23. The van der Waals surface area contributed by atoms with Gasteiger partial charge in [-0.25, -0.2) is 0 Å². The van der Waals surface area contributed by atoms with Crippen LogP contribution in [0.2, 0.25) is 0 Å². The Morgan fingerprint density at radius 3 is 2.79 bits per heavy atom. The highest BCUT2D eigenvalue weighted by Gasteiger charge is 2.28. The fraction of sp³-hybridized carbons (Fsp3) is 0.333. The zero-order valence-corrected chi connectivity index (χ0v) is 16.7. The molecule has 1 aliphatic rings. The number of rotatable bonds is 7. The third kappa shape index (κ3) is 4.50. The first kappa shape index (κ1) is 19.2. The summed E-state index contributed by atoms with van der Waals surface area (Å²) in [4.78, 5) is 19.1. The Kier molecular flexibility index (Phi) is 5.94. The summed E-state index contributed by atoms with van der Waals surface area (Å²) >= 11 is 0. The SMILES string of the molecule is CCCCOc1ccc(C(=O)N2CCC(Oc3cccc4cccnc34)C2)cc1. The Bertz CT molecular complexity index is 966. The fourth-order valence-electron chi connectivity index (χ4n) is 3.57. The van der Waals surface area contributed by atoms with Crippen LogP contribution in [0.3, 0.4) is 0 Å². The summed E-state index contributed by atoms with van der Waals surface area (Å²) in [6.07, 6.45) is 4.69. The van der Waals surface area contributed by atoms with E-state index in [1.807, 2.05) is 59.5 Å². The van der Waals surface area contributed by atoms with E-state index in [0.717, 1.165) is 41.7 Å². The summed E-state index contributed by atoms with van der Waals surface area (Å²) in [6.45, 7) is 4.11. The lowest BCUT2D eigenvalue weighted by atomic mass is 10.2. The standard InChI is InChI=1S/C24H26N2O3/c1-2-3-16-28-20-11-9-19(10-12-20)24(27)26-15-13-21(17-26)29-22-8-4-6-18-7-5-14-25-23(18)22/h4-12,14,21H,2-3,13,15-17H2,1H3. The van der Waals surface area contributed by atoms with Crippen LogP contribution in [-0.4, -0.2) is 41.6 Å². The Labute approximate surface area is 171 Å². The number of nitrogens with zero attached hydrogens (tertiary/aromatic N) is 2. The summed E-state index contributed by atoms with van der Waals surface area (Å²) < 4.78 is 11.9. The molecule has 5 nitrogen and oxygen atoms in total. The van der Waals surface area contributed by atoms with Crippen LogP contribution in [0.15, 0.2) is 60.8 Å². The van der Waals surface area contributed by atoms with Crippen LogP contribution in [0.5, 0.6) is 11.5 Å². The number of amides is 1. The van der Waals surface area contributed by atoms with Crippen molar-refractivity contribution in [3.63, 3.8) is 0 Å². The van der Waals surface area contributed by atoms with Gasteiger partial charge in [0.15, 0.2) is 0 Å². The van der Waals surface area contributed by atoms with E-state index < -0.39 is 0 Å². The van der Waals surface area contributed by atoms with E-state index in [-0.39, 0.29) is 12.0 Å². The quantitative estimate of drug-likeness (QED) is 0.549. The molecule has 5 heteroatoms. The van der Waals surface area contributed by atoms with Crippen LogP contribution in [0, 0.1) is 0 Å². The van der Waals surface area contributed by atoms with Gasteiger partial charge in [-0.05, 0) is 42.8 Å². The van der Waals surface area contributed by atoms with Gasteiger partial charge in [0.1, 0.15) is 23.1 Å². The van der Waals surface area contributed by atoms with Crippen molar-refractivity contribution in [1.29, 1.82) is 0 Å². The summed E-state index contributed by atoms with van der Waals surface area (Å²) in [5.74, 6) is 1.62. The predicted octanol–water partition coefficient (Wildman–Crippen LogP) is 4.71. The summed E-state index contributed by atoms with van der Waals surface area (Å²) in [6, 6.07) is 17.3. The lowest BCUT2D eigenvalue weighted by Gasteiger charge is -2.18. The van der Waals surface area contributed by atoms with Crippen molar-refractivity contribution in [3.05, 3.63) is 66.4 Å². The van der Waals surface area contributed by atoms with E-state index in [9.17, 15) is 4.79 Å². The predicted molar refractivity (Wildman–Crippen MR) is 114 cm³/mol. The number of aromatic nitrogens is 1. The monoisotopic (exact) mass is 390 g/mol. The second-order valence-electron chi connectivity index (χ2n) is 7.34. The molecule has 0 bridgehead atoms. The highest BCUT2D eigenvalue weighted by Crippen LogP contribution is 2.26. The van der Waals surface area contributed by atoms with Crippen LogP contribution in [-0.2, 0) is 0 Å². The second kappa shape index (κ2) is 8.95. The number of benzene rings is 2. The molecule has 1 unspecified atom stereocenters. The third-order valence-corrected chi connectivity index (χ3v) is 5.19. The number of hydrogen-bond donors (Lipinski definition) is 0. The van der Waals surface area contributed by atoms with Gasteiger partial charge in [-0.1, -0.05) is 31.5 Å². The van der Waals surface area contributed by atoms with E-state index in [2.05, 4.69) is 11.9 Å². The topological polar surface area (TPSA) is 51.7 Å². The summed E-state index contributed by atoms with van der Waals surface area (Å²) in [7, 11) is 0. The molecule has 1 atom stereocenters. The molecule has 0 radical (unpaired) electrons. The van der Waals surface area contributed by atoms with Crippen LogP contribution in [0.1, 0.15) is 36.5 Å². The molecule has 0 aliphatic carbocycles. The Hall–Kier alpha value is -3.08. The molecule has 1 fully saturated rings. The van der Waals surface area contributed by atoms with Crippen molar-refractivity contribution < 1.29 is 14.3 Å². The first-order valence-corrected chi connectivity index (χ1v) is 10.3. The van der Waals surface area contributed by atoms with Crippen molar-refractivity contribution in [3.8, 4) is 11.5 Å². The van der Waals surface area contributed by atoms with E-state index >= 15 is 0 Å². The first-order chi connectivity index (χ1) is 14.2. The number of para-hydroxylation sites is 1. The molecule has 0 N–H and O–H groups in total. The highest BCUT2D eigenvalue weighted by molar-refractivity contribution is 5.94. The Balaban J connectivity index is 1.37. The highest BCUT2D eigenvalue weighted by atomic mass is 16.5. The van der Waals surface area contributed by atoms with E-state index in [1.54, 1.807) is 6.20 Å². The smallest absolute Gasteiger partial charge is 0.253 e. The van der Waals surface area contributed by atoms with Crippen molar-refractivity contribution in [1.82, 2.24) is 9.88 Å². The maximum atomic E-state index is 12.8. The largest absolute Gasteiger partial charge is 0.494 e. The van der Waals surface area contributed by atoms with Gasteiger partial charge in [0.05, 0.1) is 13.2 Å². The molecule has 2 aromatic carbocycles. The maximum absolute atomic E-state index is 12.8. The van der Waals surface area contributed by atoms with E-state index in [0.29, 0.717) is 25.3 Å². The molecular formula is C24H26N2O3. The molecule has 4 rings (SSSR count). The van der Waals surface area contributed by atoms with Gasteiger partial charge in [0.2, 0.25) is 0 Å². The molecule has 1 aromatic heterocycles. The Morgan fingerprint density at radius 1 is 1.14 bits per heavy atom. The molecule has 0 spiro atoms. The number of fused-ring (bicyclic) bond motifs is 1. The maximum Gasteiger partial charge on any atom is 0.253 e. The molecule has 1 amide bonds. The minimum Gasteiger partial charge on any atom is -0.494 e. The summed E-state index contributed by atoms with van der Waals surface area (Å²) in [5, 5.41) is 1.05. The van der Waals surface area contributed by atoms with E-state index in [4.69, 9.17) is 9.47 Å². The van der Waals surface area contributed by atoms with Gasteiger partial charge in [-0.15, -0.1) is 0 Å². The number of unbranched alkanes of at least 4 members (excludes halogenated alkanes) is 1. The van der Waals surface area contributed by atoms with Crippen LogP contribution in [0.4, 0.5) is 0 Å². The molecular weight excluding hydrogens is 364 g/mol. The molecule has 2 heterocycles. The number of pyridine rings is 1. The van der Waals surface area contributed by atoms with Crippen LogP contribution < -0.4 is 9.47 Å². The summed E-state index contributed by atoms with van der Waals surface area (Å²) in [5.41, 5.74) is 1.54. The van der Waals surface area contributed by atoms with Crippen molar-refractivity contribution in [2.45, 2.75) is 32.3 Å². The minimum atomic E-state index is -0.0248. The van der Waals surface area contributed by atoms with Crippen molar-refractivity contribution >= 4 is 16.8 Å². The number of likely N-dealkylation sites (tertiary alicyclic amines) is 1. The van der Waals surface area contributed by atoms with Crippen LogP contribution in [0.25, 0.3) is 10.9 Å². The zero-order chi connectivity index (χ0) is 20.1. The van der Waals surface area contributed by atoms with Gasteiger partial charge < -0.3 is 14.4 Å². The lowest BCUT2D eigenvalue weighted by molar-refractivity contribution is 0.0772. The van der Waals surface area contributed by atoms with Gasteiger partial charge in [0, 0.05) is 30.1 Å². The molecule has 3 aromatic rings. The van der Waals surface area contributed by atoms with Gasteiger partial charge in [-0.2, -0.15) is 0 Å². The third-order valence-electron chi connectivity index (χ3n) is 5.19. The van der Waals surface area contributed by atoms with Gasteiger partial charge in [-0.3, -0.25) is 9.78 Å². The Morgan fingerprint density at radius 2 is 1.97 bits per heavy atom. The number of ether oxygens (including phenoxy) is 2. The number of hydrogen-bond acceptors (Lipinski definition) is 4.